The molecule has 1 amide bonds. The number of sulfonamides is 1. The van der Waals surface area contributed by atoms with E-state index in [1.54, 1.807) is 45.6 Å². The molecule has 0 spiro atoms. The zero-order valence-electron chi connectivity index (χ0n) is 21.5. The first-order chi connectivity index (χ1) is 16.8. The second kappa shape index (κ2) is 11.1. The molecular formula is C27H35FN2O5S. The van der Waals surface area contributed by atoms with Crippen LogP contribution in [0.15, 0.2) is 42.5 Å². The van der Waals surface area contributed by atoms with Crippen molar-refractivity contribution in [1.29, 1.82) is 0 Å². The number of hydrogen-bond donors (Lipinski definition) is 1. The van der Waals surface area contributed by atoms with Gasteiger partial charge in [0.2, 0.25) is 10.0 Å². The Balaban J connectivity index is 1.63. The fourth-order valence-electron chi connectivity index (χ4n) is 4.29. The number of ketones is 1. The maximum Gasteiger partial charge on any atom is 0.410 e. The Labute approximate surface area is 213 Å². The minimum absolute atomic E-state index is 0.144. The van der Waals surface area contributed by atoms with Crippen LogP contribution in [0.1, 0.15) is 56.5 Å². The summed E-state index contributed by atoms with van der Waals surface area (Å²) in [6.07, 6.45) is 0.597. The number of likely N-dealkylation sites (tertiary alicyclic amines) is 1. The SMILES string of the molecule is Cc1cc(-c2ccccc2)cc(C(=O)CNS(=O)(=O)C(C)C2CCN(C(=O)OC(C)(C)C)CC2)c1F. The number of carbonyl (C=O) groups excluding carboxylic acids is 2. The van der Waals surface area contributed by atoms with Gasteiger partial charge in [0.1, 0.15) is 11.4 Å². The van der Waals surface area contributed by atoms with Gasteiger partial charge in [-0.3, -0.25) is 4.79 Å². The average molecular weight is 519 g/mol. The second-order valence-electron chi connectivity index (χ2n) is 10.3. The van der Waals surface area contributed by atoms with Gasteiger partial charge in [-0.05, 0) is 82.2 Å². The summed E-state index contributed by atoms with van der Waals surface area (Å²) in [6.45, 7) is 8.83. The molecule has 2 aromatic carbocycles. The van der Waals surface area contributed by atoms with Crippen molar-refractivity contribution >= 4 is 21.9 Å². The fraction of sp³-hybridized carbons (Fsp3) is 0.481. The van der Waals surface area contributed by atoms with E-state index in [0.717, 1.165) is 5.56 Å². The highest BCUT2D eigenvalue weighted by molar-refractivity contribution is 7.90. The second-order valence-corrected chi connectivity index (χ2v) is 12.4. The maximum atomic E-state index is 14.8. The van der Waals surface area contributed by atoms with E-state index < -0.39 is 45.1 Å². The lowest BCUT2D eigenvalue weighted by molar-refractivity contribution is 0.0184. The monoisotopic (exact) mass is 518 g/mol. The van der Waals surface area contributed by atoms with Crippen LogP contribution in [-0.2, 0) is 14.8 Å². The lowest BCUT2D eigenvalue weighted by Gasteiger charge is -2.35. The van der Waals surface area contributed by atoms with E-state index in [-0.39, 0.29) is 11.5 Å². The molecule has 0 bridgehead atoms. The molecule has 1 N–H and O–H groups in total. The third-order valence-corrected chi connectivity index (χ3v) is 8.35. The molecule has 1 aliphatic heterocycles. The number of Topliss-reactive ketones (excluding diaryl/α,β-unsaturated/α-hetero) is 1. The molecule has 9 heteroatoms. The first kappa shape index (κ1) is 27.8. The van der Waals surface area contributed by atoms with E-state index >= 15 is 0 Å². The fourth-order valence-corrected chi connectivity index (χ4v) is 5.67. The van der Waals surface area contributed by atoms with E-state index in [2.05, 4.69) is 4.72 Å². The highest BCUT2D eigenvalue weighted by Gasteiger charge is 2.34. The van der Waals surface area contributed by atoms with Crippen molar-refractivity contribution in [3.8, 4) is 11.1 Å². The Kier molecular flexibility index (Phi) is 8.56. The molecule has 2 aromatic rings. The molecular weight excluding hydrogens is 483 g/mol. The Morgan fingerprint density at radius 3 is 2.31 bits per heavy atom. The first-order valence-electron chi connectivity index (χ1n) is 12.1. The molecule has 0 saturated carbocycles. The molecule has 0 aromatic heterocycles. The van der Waals surface area contributed by atoms with Crippen molar-refractivity contribution in [3.63, 3.8) is 0 Å². The Bertz CT molecular complexity index is 1200. The van der Waals surface area contributed by atoms with Crippen LogP contribution in [0.25, 0.3) is 11.1 Å². The van der Waals surface area contributed by atoms with Gasteiger partial charge in [0, 0.05) is 13.1 Å². The van der Waals surface area contributed by atoms with Crippen LogP contribution in [0.3, 0.4) is 0 Å². The molecule has 7 nitrogen and oxygen atoms in total. The van der Waals surface area contributed by atoms with Crippen molar-refractivity contribution in [1.82, 2.24) is 9.62 Å². The molecule has 1 saturated heterocycles. The summed E-state index contributed by atoms with van der Waals surface area (Å²) in [5.74, 6) is -1.47. The van der Waals surface area contributed by atoms with Crippen LogP contribution in [-0.4, -0.2) is 55.7 Å². The Morgan fingerprint density at radius 1 is 1.11 bits per heavy atom. The van der Waals surface area contributed by atoms with E-state index in [0.29, 0.717) is 37.1 Å². The summed E-state index contributed by atoms with van der Waals surface area (Å²) < 4.78 is 48.4. The Morgan fingerprint density at radius 2 is 1.72 bits per heavy atom. The van der Waals surface area contributed by atoms with Gasteiger partial charge in [-0.25, -0.2) is 22.3 Å². The minimum Gasteiger partial charge on any atom is -0.444 e. The topological polar surface area (TPSA) is 92.8 Å². The third-order valence-electron chi connectivity index (χ3n) is 6.44. The predicted octanol–water partition coefficient (Wildman–Crippen LogP) is 4.94. The number of hydrogen-bond acceptors (Lipinski definition) is 5. The number of benzene rings is 2. The van der Waals surface area contributed by atoms with E-state index in [4.69, 9.17) is 4.74 Å². The van der Waals surface area contributed by atoms with Crippen molar-refractivity contribution in [2.24, 2.45) is 5.92 Å². The Hall–Kier alpha value is -2.78. The quantitative estimate of drug-likeness (QED) is 0.524. The number of aryl methyl sites for hydroxylation is 1. The smallest absolute Gasteiger partial charge is 0.410 e. The number of piperidine rings is 1. The average Bonchev–Trinajstić information content (AvgIpc) is 2.83. The van der Waals surface area contributed by atoms with Gasteiger partial charge in [-0.15, -0.1) is 0 Å². The van der Waals surface area contributed by atoms with E-state index in [1.165, 1.54) is 6.07 Å². The van der Waals surface area contributed by atoms with Gasteiger partial charge < -0.3 is 9.64 Å². The largest absolute Gasteiger partial charge is 0.444 e. The summed E-state index contributed by atoms with van der Waals surface area (Å²) in [6, 6.07) is 12.4. The van der Waals surface area contributed by atoms with Crippen molar-refractivity contribution in [2.75, 3.05) is 19.6 Å². The number of ether oxygens (including phenoxy) is 1. The number of nitrogens with zero attached hydrogens (tertiary/aromatic N) is 1. The van der Waals surface area contributed by atoms with Crippen molar-refractivity contribution in [3.05, 3.63) is 59.4 Å². The molecule has 1 heterocycles. The molecule has 3 rings (SSSR count). The number of rotatable bonds is 7. The highest BCUT2D eigenvalue weighted by atomic mass is 32.2. The van der Waals surface area contributed by atoms with Crippen LogP contribution < -0.4 is 4.72 Å². The summed E-state index contributed by atoms with van der Waals surface area (Å²) >= 11 is 0. The summed E-state index contributed by atoms with van der Waals surface area (Å²) in [5, 5.41) is -0.770. The van der Waals surface area contributed by atoms with Crippen molar-refractivity contribution in [2.45, 2.75) is 58.3 Å². The lowest BCUT2D eigenvalue weighted by Crippen LogP contribution is -2.46. The number of amides is 1. The molecule has 1 unspecified atom stereocenters. The van der Waals surface area contributed by atoms with Gasteiger partial charge in [0.25, 0.3) is 0 Å². The summed E-state index contributed by atoms with van der Waals surface area (Å²) in [7, 11) is -3.84. The number of nitrogens with one attached hydrogen (secondary N) is 1. The molecule has 1 atom stereocenters. The van der Waals surface area contributed by atoms with Gasteiger partial charge in [-0.1, -0.05) is 30.3 Å². The zero-order chi connectivity index (χ0) is 26.7. The van der Waals surface area contributed by atoms with Gasteiger partial charge in [0.15, 0.2) is 5.78 Å². The van der Waals surface area contributed by atoms with Gasteiger partial charge in [-0.2, -0.15) is 0 Å². The summed E-state index contributed by atoms with van der Waals surface area (Å²) in [4.78, 5) is 26.7. The summed E-state index contributed by atoms with van der Waals surface area (Å²) in [5.41, 5.74) is 1.09. The third kappa shape index (κ3) is 6.91. The van der Waals surface area contributed by atoms with Crippen LogP contribution in [0.2, 0.25) is 0 Å². The van der Waals surface area contributed by atoms with Gasteiger partial charge in [0.05, 0.1) is 17.4 Å². The van der Waals surface area contributed by atoms with E-state index in [1.807, 2.05) is 30.3 Å². The van der Waals surface area contributed by atoms with Crippen molar-refractivity contribution < 1.29 is 27.1 Å². The molecule has 196 valence electrons. The van der Waals surface area contributed by atoms with Crippen LogP contribution in [0, 0.1) is 18.7 Å². The molecule has 0 radical (unpaired) electrons. The molecule has 0 aliphatic carbocycles. The number of carbonyl (C=O) groups is 2. The molecule has 36 heavy (non-hydrogen) atoms. The van der Waals surface area contributed by atoms with Gasteiger partial charge >= 0.3 is 6.09 Å². The highest BCUT2D eigenvalue weighted by Crippen LogP contribution is 2.27. The van der Waals surface area contributed by atoms with Crippen LogP contribution in [0.4, 0.5) is 9.18 Å². The molecule has 1 fully saturated rings. The number of halogens is 1. The van der Waals surface area contributed by atoms with Crippen LogP contribution in [0.5, 0.6) is 0 Å². The molecule has 1 aliphatic rings. The lowest BCUT2D eigenvalue weighted by atomic mass is 9.94. The minimum atomic E-state index is -3.84. The zero-order valence-corrected chi connectivity index (χ0v) is 22.3. The van der Waals surface area contributed by atoms with Crippen LogP contribution >= 0.6 is 0 Å². The standard InChI is InChI=1S/C27H35FN2O5S/c1-18-15-22(21-9-7-6-8-10-21)16-23(25(18)28)24(31)17-29-36(33,34)19(2)20-11-13-30(14-12-20)26(32)35-27(3,4)5/h6-10,15-16,19-20,29H,11-14,17H2,1-5H3. The first-order valence-corrected chi connectivity index (χ1v) is 13.7. The predicted molar refractivity (Wildman–Crippen MR) is 138 cm³/mol. The normalized spacial score (nSPS) is 16.0. The van der Waals surface area contributed by atoms with E-state index in [9.17, 15) is 22.4 Å². The maximum absolute atomic E-state index is 14.8.